The van der Waals surface area contributed by atoms with Gasteiger partial charge in [0.25, 0.3) is 0 Å². The lowest BCUT2D eigenvalue weighted by molar-refractivity contribution is 0.432. The van der Waals surface area contributed by atoms with Gasteiger partial charge in [-0.25, -0.2) is 8.78 Å². The van der Waals surface area contributed by atoms with Crippen molar-refractivity contribution in [2.45, 2.75) is 31.2 Å². The predicted octanol–water partition coefficient (Wildman–Crippen LogP) is 3.07. The van der Waals surface area contributed by atoms with E-state index in [2.05, 4.69) is 17.6 Å². The largest absolute Gasteiger partial charge is 0.271 e. The summed E-state index contributed by atoms with van der Waals surface area (Å²) in [7, 11) is 0. The summed E-state index contributed by atoms with van der Waals surface area (Å²) in [5, 5.41) is 0. The summed E-state index contributed by atoms with van der Waals surface area (Å²) in [5.41, 5.74) is 6.08. The van der Waals surface area contributed by atoms with Gasteiger partial charge in [-0.05, 0) is 48.1 Å². The molecule has 0 amide bonds. The lowest BCUT2D eigenvalue weighted by atomic mass is 9.89. The van der Waals surface area contributed by atoms with E-state index in [0.29, 0.717) is 12.0 Å². The second-order valence-corrected chi connectivity index (χ2v) is 5.60. The summed E-state index contributed by atoms with van der Waals surface area (Å²) >= 11 is 0. The molecule has 0 saturated carbocycles. The molecule has 0 heterocycles. The third-order valence-electron chi connectivity index (χ3n) is 4.26. The summed E-state index contributed by atoms with van der Waals surface area (Å²) in [6.45, 7) is 0. The number of hydrogen-bond acceptors (Lipinski definition) is 2. The number of hydrazine groups is 1. The quantitative estimate of drug-likeness (QED) is 0.670. The minimum Gasteiger partial charge on any atom is -0.271 e. The monoisotopic (exact) mass is 288 g/mol. The third-order valence-corrected chi connectivity index (χ3v) is 4.26. The van der Waals surface area contributed by atoms with Gasteiger partial charge in [-0.1, -0.05) is 24.3 Å². The van der Waals surface area contributed by atoms with Crippen LogP contribution in [0.5, 0.6) is 0 Å². The first kappa shape index (κ1) is 14.2. The average Bonchev–Trinajstić information content (AvgIpc) is 2.87. The van der Waals surface area contributed by atoms with Crippen LogP contribution in [-0.4, -0.2) is 6.04 Å². The van der Waals surface area contributed by atoms with Gasteiger partial charge >= 0.3 is 0 Å². The van der Waals surface area contributed by atoms with Crippen LogP contribution in [0.3, 0.4) is 0 Å². The molecule has 0 radical (unpaired) electrons. The van der Waals surface area contributed by atoms with Crippen molar-refractivity contribution in [1.29, 1.82) is 0 Å². The van der Waals surface area contributed by atoms with Crippen LogP contribution in [0.25, 0.3) is 0 Å². The zero-order valence-corrected chi connectivity index (χ0v) is 11.7. The highest BCUT2D eigenvalue weighted by Gasteiger charge is 2.29. The van der Waals surface area contributed by atoms with Crippen molar-refractivity contribution in [3.63, 3.8) is 0 Å². The number of halogens is 2. The molecule has 2 nitrogen and oxygen atoms in total. The van der Waals surface area contributed by atoms with Crippen LogP contribution in [-0.2, 0) is 12.8 Å². The predicted molar refractivity (Wildman–Crippen MR) is 78.7 cm³/mol. The number of nitrogens with two attached hydrogens (primary N) is 1. The van der Waals surface area contributed by atoms with E-state index in [-0.39, 0.29) is 12.0 Å². The molecule has 2 aromatic carbocycles. The highest BCUT2D eigenvalue weighted by molar-refractivity contribution is 5.36. The molecular weight excluding hydrogens is 270 g/mol. The van der Waals surface area contributed by atoms with Crippen LogP contribution < -0.4 is 11.3 Å². The molecule has 0 aliphatic heterocycles. The Kier molecular flexibility index (Phi) is 3.99. The molecule has 0 saturated heterocycles. The minimum absolute atomic E-state index is 0.0325. The second kappa shape index (κ2) is 5.92. The zero-order chi connectivity index (χ0) is 14.8. The molecule has 0 aromatic heterocycles. The van der Waals surface area contributed by atoms with Crippen molar-refractivity contribution in [2.75, 3.05) is 0 Å². The van der Waals surface area contributed by atoms with Gasteiger partial charge in [0.05, 0.1) is 0 Å². The topological polar surface area (TPSA) is 38.0 Å². The number of nitrogens with one attached hydrogen (secondary N) is 1. The van der Waals surface area contributed by atoms with Gasteiger partial charge < -0.3 is 0 Å². The fourth-order valence-electron chi connectivity index (χ4n) is 3.31. The van der Waals surface area contributed by atoms with E-state index in [4.69, 9.17) is 5.84 Å². The van der Waals surface area contributed by atoms with Crippen LogP contribution in [0.1, 0.15) is 29.0 Å². The van der Waals surface area contributed by atoms with Gasteiger partial charge in [0.1, 0.15) is 11.6 Å². The van der Waals surface area contributed by atoms with E-state index in [1.165, 1.54) is 23.3 Å². The van der Waals surface area contributed by atoms with Crippen molar-refractivity contribution < 1.29 is 8.78 Å². The molecule has 1 aliphatic carbocycles. The molecule has 3 rings (SSSR count). The number of rotatable bonds is 4. The summed E-state index contributed by atoms with van der Waals surface area (Å²) < 4.78 is 26.6. The van der Waals surface area contributed by atoms with E-state index in [1.807, 2.05) is 12.1 Å². The number of aryl methyl sites for hydroxylation is 1. The summed E-state index contributed by atoms with van der Waals surface area (Å²) in [6, 6.07) is 11.9. The van der Waals surface area contributed by atoms with Crippen molar-refractivity contribution in [3.05, 3.63) is 70.8 Å². The van der Waals surface area contributed by atoms with Gasteiger partial charge in [0.15, 0.2) is 0 Å². The Bertz CT molecular complexity index is 622. The maximum absolute atomic E-state index is 13.3. The van der Waals surface area contributed by atoms with E-state index in [0.717, 1.165) is 18.9 Å². The first-order valence-electron chi connectivity index (χ1n) is 7.16. The highest BCUT2D eigenvalue weighted by Crippen LogP contribution is 2.36. The van der Waals surface area contributed by atoms with Crippen LogP contribution in [0, 0.1) is 11.6 Å². The minimum atomic E-state index is -0.549. The Hall–Kier alpha value is -1.78. The fourth-order valence-corrected chi connectivity index (χ4v) is 3.31. The van der Waals surface area contributed by atoms with Crippen molar-refractivity contribution >= 4 is 0 Å². The van der Waals surface area contributed by atoms with Gasteiger partial charge in [0, 0.05) is 18.0 Å². The number of benzene rings is 2. The third kappa shape index (κ3) is 2.96. The maximum Gasteiger partial charge on any atom is 0.126 e. The Labute approximate surface area is 122 Å². The van der Waals surface area contributed by atoms with Crippen molar-refractivity contribution in [1.82, 2.24) is 5.43 Å². The number of hydrogen-bond donors (Lipinski definition) is 2. The molecule has 0 bridgehead atoms. The standard InChI is InChI=1S/C17H18F2N2/c18-13-7-11(8-14(19)10-13)9-17(21-20)16-6-5-12-3-1-2-4-15(12)16/h1-4,7-8,10,16-17,21H,5-6,9,20H2. The van der Waals surface area contributed by atoms with Crippen molar-refractivity contribution in [3.8, 4) is 0 Å². The smallest absolute Gasteiger partial charge is 0.126 e. The van der Waals surface area contributed by atoms with Gasteiger partial charge in [-0.15, -0.1) is 0 Å². The summed E-state index contributed by atoms with van der Waals surface area (Å²) in [5.74, 6) is 4.87. The Morgan fingerprint density at radius 2 is 1.86 bits per heavy atom. The lowest BCUT2D eigenvalue weighted by Gasteiger charge is -2.24. The van der Waals surface area contributed by atoms with Gasteiger partial charge in [0.2, 0.25) is 0 Å². The first-order valence-corrected chi connectivity index (χ1v) is 7.16. The fraction of sp³-hybridized carbons (Fsp3) is 0.294. The molecule has 3 N–H and O–H groups in total. The highest BCUT2D eigenvalue weighted by atomic mass is 19.1. The molecule has 2 unspecified atom stereocenters. The molecule has 4 heteroatoms. The molecule has 1 aliphatic rings. The van der Waals surface area contributed by atoms with Crippen LogP contribution in [0.15, 0.2) is 42.5 Å². The average molecular weight is 288 g/mol. The molecule has 2 atom stereocenters. The van der Waals surface area contributed by atoms with E-state index < -0.39 is 11.6 Å². The maximum atomic E-state index is 13.3. The first-order chi connectivity index (χ1) is 10.2. The van der Waals surface area contributed by atoms with Gasteiger partial charge in [-0.2, -0.15) is 0 Å². The Morgan fingerprint density at radius 1 is 1.14 bits per heavy atom. The van der Waals surface area contributed by atoms with Gasteiger partial charge in [-0.3, -0.25) is 11.3 Å². The van der Waals surface area contributed by atoms with Crippen molar-refractivity contribution in [2.24, 2.45) is 5.84 Å². The van der Waals surface area contributed by atoms with Crippen LogP contribution in [0.2, 0.25) is 0 Å². The molecule has 0 fully saturated rings. The SMILES string of the molecule is NNC(Cc1cc(F)cc(F)c1)C1CCc2ccccc21. The normalized spacial score (nSPS) is 18.5. The van der Waals surface area contributed by atoms with E-state index in [1.54, 1.807) is 0 Å². The van der Waals surface area contributed by atoms with E-state index >= 15 is 0 Å². The van der Waals surface area contributed by atoms with Crippen LogP contribution >= 0.6 is 0 Å². The summed E-state index contributed by atoms with van der Waals surface area (Å²) in [4.78, 5) is 0. The molecular formula is C17H18F2N2. The van der Waals surface area contributed by atoms with E-state index in [9.17, 15) is 8.78 Å². The second-order valence-electron chi connectivity index (χ2n) is 5.60. The zero-order valence-electron chi connectivity index (χ0n) is 11.7. The Balaban J connectivity index is 1.83. The lowest BCUT2D eigenvalue weighted by Crippen LogP contribution is -2.40. The molecule has 0 spiro atoms. The molecule has 21 heavy (non-hydrogen) atoms. The van der Waals surface area contributed by atoms with Crippen LogP contribution in [0.4, 0.5) is 8.78 Å². The Morgan fingerprint density at radius 3 is 2.57 bits per heavy atom. The molecule has 2 aromatic rings. The summed E-state index contributed by atoms with van der Waals surface area (Å²) in [6.07, 6.45) is 2.53. The molecule has 110 valence electrons. The number of fused-ring (bicyclic) bond motifs is 1.